The second-order valence-electron chi connectivity index (χ2n) is 1.07. The second-order valence-corrected chi connectivity index (χ2v) is 1.07. The number of hydrogen-bond acceptors (Lipinski definition) is 2. The van der Waals surface area contributed by atoms with Crippen molar-refractivity contribution in [3.63, 3.8) is 0 Å². The van der Waals surface area contributed by atoms with Crippen molar-refractivity contribution in [1.29, 1.82) is 5.41 Å². The van der Waals surface area contributed by atoms with Gasteiger partial charge in [-0.15, -0.1) is 0 Å². The van der Waals surface area contributed by atoms with E-state index in [1.165, 1.54) is 6.21 Å². The Bertz CT molecular complexity index is 65.9. The van der Waals surface area contributed by atoms with Crippen molar-refractivity contribution in [2.24, 2.45) is 5.73 Å². The van der Waals surface area contributed by atoms with E-state index >= 15 is 0 Å². The summed E-state index contributed by atoms with van der Waals surface area (Å²) in [5.74, 6) is 0. The average Bonchev–Trinajstić information content (AvgIpc) is 1.35. The monoisotopic (exact) mass is 84.1 g/mol. The van der Waals surface area contributed by atoms with Gasteiger partial charge in [0, 0.05) is 18.3 Å². The maximum Gasteiger partial charge on any atom is 0.0212 e. The summed E-state index contributed by atoms with van der Waals surface area (Å²) in [6, 6.07) is 0. The van der Waals surface area contributed by atoms with Crippen LogP contribution in [0.2, 0.25) is 0 Å². The van der Waals surface area contributed by atoms with Crippen LogP contribution in [0.3, 0.4) is 0 Å². The molecule has 0 aromatic rings. The Hall–Kier alpha value is -0.790. The molecule has 0 heterocycles. The Morgan fingerprint density at radius 3 is 2.50 bits per heavy atom. The zero-order valence-corrected chi connectivity index (χ0v) is 3.57. The molecule has 0 rings (SSSR count). The molecule has 6 heavy (non-hydrogen) atoms. The van der Waals surface area contributed by atoms with Crippen molar-refractivity contribution < 1.29 is 0 Å². The van der Waals surface area contributed by atoms with Crippen LogP contribution in [0, 0.1) is 5.41 Å². The van der Waals surface area contributed by atoms with Crippen molar-refractivity contribution in [3.05, 3.63) is 12.3 Å². The van der Waals surface area contributed by atoms with E-state index in [0.717, 1.165) is 0 Å². The molecular weight excluding hydrogens is 76.1 g/mol. The lowest BCUT2D eigenvalue weighted by Crippen LogP contribution is -1.92. The summed E-state index contributed by atoms with van der Waals surface area (Å²) in [6.07, 6.45) is 1.72. The molecule has 0 unspecified atom stereocenters. The first kappa shape index (κ1) is 5.21. The summed E-state index contributed by atoms with van der Waals surface area (Å²) in [4.78, 5) is 0. The van der Waals surface area contributed by atoms with Gasteiger partial charge in [0.2, 0.25) is 0 Å². The van der Waals surface area contributed by atoms with Crippen molar-refractivity contribution in [2.75, 3.05) is 0 Å². The molecule has 0 radical (unpaired) electrons. The highest BCUT2D eigenvalue weighted by atomic mass is 14.6. The zero-order valence-electron chi connectivity index (χ0n) is 3.57. The van der Waals surface area contributed by atoms with Gasteiger partial charge in [-0.2, -0.15) is 0 Å². The maximum atomic E-state index is 6.47. The molecule has 0 saturated carbocycles. The highest BCUT2D eigenvalue weighted by molar-refractivity contribution is 5.56. The first-order valence-electron chi connectivity index (χ1n) is 1.69. The molecule has 0 aliphatic rings. The first-order chi connectivity index (χ1) is 2.77. The summed E-state index contributed by atoms with van der Waals surface area (Å²) in [6.45, 7) is 3.37. The summed E-state index contributed by atoms with van der Waals surface area (Å²) in [5, 5.41) is 6.47. The minimum absolute atomic E-state index is 0.500. The Morgan fingerprint density at radius 1 is 2.00 bits per heavy atom. The molecule has 3 N–H and O–H groups in total. The molecule has 0 aromatic carbocycles. The average molecular weight is 84.1 g/mol. The molecule has 0 fully saturated rings. The standard InChI is InChI=1S/C4H8N2/c1-4(6)2-3-5/h3,5H,1-2,6H2. The number of allylic oxidation sites excluding steroid dienone is 1. The number of nitrogens with two attached hydrogens (primary N) is 1. The zero-order chi connectivity index (χ0) is 4.99. The molecule has 0 aliphatic carbocycles. The minimum Gasteiger partial charge on any atom is -0.402 e. The van der Waals surface area contributed by atoms with E-state index in [2.05, 4.69) is 6.58 Å². The molecule has 0 amide bonds. The summed E-state index contributed by atoms with van der Waals surface area (Å²) in [7, 11) is 0. The van der Waals surface area contributed by atoms with Gasteiger partial charge in [0.15, 0.2) is 0 Å². The van der Waals surface area contributed by atoms with Crippen LogP contribution in [0.15, 0.2) is 12.3 Å². The molecule has 0 bridgehead atoms. The normalized spacial score (nSPS) is 7.33. The second kappa shape index (κ2) is 2.45. The predicted octanol–water partition coefficient (Wildman–Crippen LogP) is 0.498. The third-order valence-corrected chi connectivity index (χ3v) is 0.364. The summed E-state index contributed by atoms with van der Waals surface area (Å²) >= 11 is 0. The fourth-order valence-corrected chi connectivity index (χ4v) is 0.131. The van der Waals surface area contributed by atoms with Gasteiger partial charge >= 0.3 is 0 Å². The van der Waals surface area contributed by atoms with Crippen LogP contribution < -0.4 is 5.73 Å². The topological polar surface area (TPSA) is 49.9 Å². The van der Waals surface area contributed by atoms with Gasteiger partial charge in [-0.05, 0) is 0 Å². The Morgan fingerprint density at radius 2 is 2.50 bits per heavy atom. The van der Waals surface area contributed by atoms with Gasteiger partial charge in [0.25, 0.3) is 0 Å². The van der Waals surface area contributed by atoms with Crippen molar-refractivity contribution in [3.8, 4) is 0 Å². The van der Waals surface area contributed by atoms with Crippen LogP contribution >= 0.6 is 0 Å². The van der Waals surface area contributed by atoms with Gasteiger partial charge in [-0.3, -0.25) is 0 Å². The molecule has 0 saturated heterocycles. The van der Waals surface area contributed by atoms with Crippen LogP contribution in [0.5, 0.6) is 0 Å². The predicted molar refractivity (Wildman–Crippen MR) is 26.7 cm³/mol. The summed E-state index contributed by atoms with van der Waals surface area (Å²) < 4.78 is 0. The molecule has 2 heteroatoms. The third-order valence-electron chi connectivity index (χ3n) is 0.364. The fourth-order valence-electron chi connectivity index (χ4n) is 0.131. The van der Waals surface area contributed by atoms with Crippen LogP contribution in [-0.2, 0) is 0 Å². The highest BCUT2D eigenvalue weighted by Gasteiger charge is 1.73. The Balaban J connectivity index is 3.05. The Labute approximate surface area is 37.2 Å². The SMILES string of the molecule is C=C(N)CC=N. The molecular formula is C4H8N2. The first-order valence-corrected chi connectivity index (χ1v) is 1.69. The smallest absolute Gasteiger partial charge is 0.0212 e. The van der Waals surface area contributed by atoms with E-state index in [-0.39, 0.29) is 0 Å². The van der Waals surface area contributed by atoms with Crippen molar-refractivity contribution in [2.45, 2.75) is 6.42 Å². The molecule has 34 valence electrons. The summed E-state index contributed by atoms with van der Waals surface area (Å²) in [5.41, 5.74) is 5.60. The van der Waals surface area contributed by atoms with E-state index in [1.54, 1.807) is 0 Å². The van der Waals surface area contributed by atoms with Gasteiger partial charge in [-0.25, -0.2) is 0 Å². The fraction of sp³-hybridized carbons (Fsp3) is 0.250. The lowest BCUT2D eigenvalue weighted by atomic mass is 10.4. The highest BCUT2D eigenvalue weighted by Crippen LogP contribution is 1.77. The van der Waals surface area contributed by atoms with E-state index in [1.807, 2.05) is 0 Å². The quantitative estimate of drug-likeness (QED) is 0.470. The largest absolute Gasteiger partial charge is 0.402 e. The number of nitrogens with one attached hydrogen (secondary N) is 1. The molecule has 2 nitrogen and oxygen atoms in total. The van der Waals surface area contributed by atoms with E-state index in [0.29, 0.717) is 12.1 Å². The van der Waals surface area contributed by atoms with Crippen molar-refractivity contribution >= 4 is 6.21 Å². The lowest BCUT2D eigenvalue weighted by molar-refractivity contribution is 1.23. The minimum atomic E-state index is 0.500. The number of rotatable bonds is 2. The number of hydrogen-bond donors (Lipinski definition) is 2. The van der Waals surface area contributed by atoms with Crippen LogP contribution in [0.25, 0.3) is 0 Å². The lowest BCUT2D eigenvalue weighted by Gasteiger charge is -1.83. The Kier molecular flexibility index (Phi) is 2.13. The third kappa shape index (κ3) is 3.21. The van der Waals surface area contributed by atoms with Crippen LogP contribution in [0.4, 0.5) is 0 Å². The molecule has 0 spiro atoms. The van der Waals surface area contributed by atoms with Gasteiger partial charge < -0.3 is 11.1 Å². The molecule has 0 atom stereocenters. The molecule has 0 aliphatic heterocycles. The van der Waals surface area contributed by atoms with Crippen molar-refractivity contribution in [1.82, 2.24) is 0 Å². The van der Waals surface area contributed by atoms with E-state index in [9.17, 15) is 0 Å². The van der Waals surface area contributed by atoms with Gasteiger partial charge in [0.05, 0.1) is 0 Å². The van der Waals surface area contributed by atoms with Gasteiger partial charge in [-0.1, -0.05) is 6.58 Å². The van der Waals surface area contributed by atoms with E-state index in [4.69, 9.17) is 11.1 Å². The maximum absolute atomic E-state index is 6.47. The molecule has 0 aromatic heterocycles. The van der Waals surface area contributed by atoms with Crippen LogP contribution in [0.1, 0.15) is 6.42 Å². The van der Waals surface area contributed by atoms with E-state index < -0.39 is 0 Å². The van der Waals surface area contributed by atoms with Crippen LogP contribution in [-0.4, -0.2) is 6.21 Å². The van der Waals surface area contributed by atoms with Gasteiger partial charge in [0.1, 0.15) is 0 Å².